The van der Waals surface area contributed by atoms with Gasteiger partial charge in [0.25, 0.3) is 5.91 Å². The van der Waals surface area contributed by atoms with Gasteiger partial charge in [0.15, 0.2) is 5.71 Å². The Morgan fingerprint density at radius 1 is 0.933 bits per heavy atom. The lowest BCUT2D eigenvalue weighted by molar-refractivity contribution is -0.112. The largest absolute Gasteiger partial charge is 0.367 e. The zero-order chi connectivity index (χ0) is 21.3. The van der Waals surface area contributed by atoms with Crippen molar-refractivity contribution in [3.63, 3.8) is 0 Å². The number of para-hydroxylation sites is 1. The number of benzene rings is 3. The van der Waals surface area contributed by atoms with E-state index in [-0.39, 0.29) is 22.8 Å². The van der Waals surface area contributed by atoms with Crippen LogP contribution in [0.1, 0.15) is 21.5 Å². The summed E-state index contributed by atoms with van der Waals surface area (Å²) in [5.41, 5.74) is 2.10. The van der Waals surface area contributed by atoms with Crippen LogP contribution in [0.3, 0.4) is 0 Å². The molecule has 8 heteroatoms. The summed E-state index contributed by atoms with van der Waals surface area (Å²) in [6.45, 7) is 0.212. The molecule has 30 heavy (non-hydrogen) atoms. The number of hydrogen-bond donors (Lipinski definition) is 0. The standard InChI is InChI=1S/C22H13Cl3N2O3/c23-14-10-9-13(18(25)11-14)12-27-19-8-4-2-6-16(19)20(21(27)28)26-30-22(29)15-5-1-3-7-17(15)24/h1-11H,12H2/b26-20+. The number of halogens is 3. The Bertz CT molecular complexity index is 1190. The average molecular weight is 460 g/mol. The van der Waals surface area contributed by atoms with Gasteiger partial charge in [-0.3, -0.25) is 4.79 Å². The van der Waals surface area contributed by atoms with Gasteiger partial charge in [0, 0.05) is 15.6 Å². The Morgan fingerprint density at radius 2 is 1.67 bits per heavy atom. The van der Waals surface area contributed by atoms with Crippen LogP contribution in [0.2, 0.25) is 15.1 Å². The zero-order valence-electron chi connectivity index (χ0n) is 15.3. The Balaban J connectivity index is 1.64. The summed E-state index contributed by atoms with van der Waals surface area (Å²) in [5.74, 6) is -1.16. The molecular weight excluding hydrogens is 447 g/mol. The number of amides is 1. The molecule has 0 N–H and O–H groups in total. The van der Waals surface area contributed by atoms with Crippen LogP contribution >= 0.6 is 34.8 Å². The van der Waals surface area contributed by atoms with Gasteiger partial charge in [-0.1, -0.05) is 76.4 Å². The molecular formula is C22H13Cl3N2O3. The number of fused-ring (bicyclic) bond motifs is 1. The number of anilines is 1. The summed E-state index contributed by atoms with van der Waals surface area (Å²) < 4.78 is 0. The Morgan fingerprint density at radius 3 is 2.43 bits per heavy atom. The second-order valence-electron chi connectivity index (χ2n) is 6.44. The lowest BCUT2D eigenvalue weighted by atomic mass is 10.1. The van der Waals surface area contributed by atoms with Crippen molar-refractivity contribution in [1.82, 2.24) is 0 Å². The van der Waals surface area contributed by atoms with Gasteiger partial charge in [0.2, 0.25) is 0 Å². The van der Waals surface area contributed by atoms with Gasteiger partial charge >= 0.3 is 5.97 Å². The molecule has 1 amide bonds. The third-order valence-electron chi connectivity index (χ3n) is 4.55. The van der Waals surface area contributed by atoms with Crippen LogP contribution in [0.4, 0.5) is 5.69 Å². The summed E-state index contributed by atoms with van der Waals surface area (Å²) in [5, 5.41) is 5.04. The van der Waals surface area contributed by atoms with Crippen LogP contribution in [0.15, 0.2) is 71.9 Å². The first kappa shape index (κ1) is 20.4. The molecule has 1 aliphatic rings. The molecule has 0 saturated heterocycles. The molecule has 3 aromatic carbocycles. The van der Waals surface area contributed by atoms with E-state index in [1.54, 1.807) is 60.7 Å². The smallest absolute Gasteiger partial charge is 0.312 e. The van der Waals surface area contributed by atoms with E-state index in [1.807, 2.05) is 0 Å². The van der Waals surface area contributed by atoms with E-state index in [0.29, 0.717) is 21.3 Å². The van der Waals surface area contributed by atoms with Crippen molar-refractivity contribution in [1.29, 1.82) is 0 Å². The van der Waals surface area contributed by atoms with Gasteiger partial charge in [-0.15, -0.1) is 0 Å². The summed E-state index contributed by atoms with van der Waals surface area (Å²) in [4.78, 5) is 31.9. The van der Waals surface area contributed by atoms with Gasteiger partial charge in [-0.2, -0.15) is 0 Å². The van der Waals surface area contributed by atoms with Crippen molar-refractivity contribution < 1.29 is 14.4 Å². The topological polar surface area (TPSA) is 59.0 Å². The van der Waals surface area contributed by atoms with Crippen molar-refractivity contribution in [2.45, 2.75) is 6.54 Å². The fourth-order valence-corrected chi connectivity index (χ4v) is 3.77. The maximum absolute atomic E-state index is 13.1. The maximum Gasteiger partial charge on any atom is 0.367 e. The fourth-order valence-electron chi connectivity index (χ4n) is 3.09. The minimum Gasteiger partial charge on any atom is -0.312 e. The molecule has 0 saturated carbocycles. The lowest BCUT2D eigenvalue weighted by Crippen LogP contribution is -2.30. The molecule has 0 spiro atoms. The Kier molecular flexibility index (Phi) is 5.77. The Hall–Kier alpha value is -2.86. The van der Waals surface area contributed by atoms with E-state index in [9.17, 15) is 9.59 Å². The third kappa shape index (κ3) is 3.92. The van der Waals surface area contributed by atoms with E-state index < -0.39 is 11.9 Å². The minimum atomic E-state index is -0.752. The minimum absolute atomic E-state index is 0.0242. The van der Waals surface area contributed by atoms with E-state index >= 15 is 0 Å². The van der Waals surface area contributed by atoms with Gasteiger partial charge in [0.05, 0.1) is 22.8 Å². The molecule has 1 heterocycles. The van der Waals surface area contributed by atoms with Gasteiger partial charge in [-0.25, -0.2) is 4.79 Å². The first-order chi connectivity index (χ1) is 14.5. The van der Waals surface area contributed by atoms with Crippen LogP contribution in [-0.2, 0) is 16.2 Å². The van der Waals surface area contributed by atoms with Gasteiger partial charge in [0.1, 0.15) is 0 Å². The fraction of sp³-hybridized carbons (Fsp3) is 0.0455. The molecule has 0 aromatic heterocycles. The quantitative estimate of drug-likeness (QED) is 0.368. The third-order valence-corrected chi connectivity index (χ3v) is 5.47. The number of hydrogen-bond acceptors (Lipinski definition) is 4. The maximum atomic E-state index is 13.1. The number of nitrogens with zero attached hydrogens (tertiary/aromatic N) is 2. The highest BCUT2D eigenvalue weighted by molar-refractivity contribution is 6.54. The van der Waals surface area contributed by atoms with E-state index in [0.717, 1.165) is 5.56 Å². The van der Waals surface area contributed by atoms with Crippen molar-refractivity contribution >= 4 is 58.1 Å². The van der Waals surface area contributed by atoms with Crippen molar-refractivity contribution in [2.75, 3.05) is 4.90 Å². The molecule has 4 rings (SSSR count). The summed E-state index contributed by atoms with van der Waals surface area (Å²) in [7, 11) is 0. The Labute approximate surface area is 187 Å². The second-order valence-corrected chi connectivity index (χ2v) is 7.69. The van der Waals surface area contributed by atoms with Crippen LogP contribution in [0.25, 0.3) is 0 Å². The van der Waals surface area contributed by atoms with Crippen molar-refractivity contribution in [3.8, 4) is 0 Å². The van der Waals surface area contributed by atoms with Crippen molar-refractivity contribution in [2.24, 2.45) is 5.16 Å². The monoisotopic (exact) mass is 458 g/mol. The number of rotatable bonds is 4. The molecule has 3 aromatic rings. The molecule has 0 bridgehead atoms. The van der Waals surface area contributed by atoms with E-state index in [2.05, 4.69) is 5.16 Å². The lowest BCUT2D eigenvalue weighted by Gasteiger charge is -2.17. The highest BCUT2D eigenvalue weighted by Crippen LogP contribution is 2.32. The number of carbonyl (C=O) groups is 2. The number of oxime groups is 1. The number of carbonyl (C=O) groups excluding carboxylic acids is 2. The van der Waals surface area contributed by atoms with Crippen LogP contribution in [0.5, 0.6) is 0 Å². The average Bonchev–Trinajstić information content (AvgIpc) is 2.99. The molecule has 1 aliphatic heterocycles. The van der Waals surface area contributed by atoms with E-state index in [4.69, 9.17) is 39.6 Å². The molecule has 5 nitrogen and oxygen atoms in total. The van der Waals surface area contributed by atoms with Crippen molar-refractivity contribution in [3.05, 3.63) is 98.5 Å². The molecule has 0 fully saturated rings. The van der Waals surface area contributed by atoms with E-state index in [1.165, 1.54) is 11.0 Å². The zero-order valence-corrected chi connectivity index (χ0v) is 17.6. The molecule has 0 unspecified atom stereocenters. The van der Waals surface area contributed by atoms with Gasteiger partial charge < -0.3 is 9.74 Å². The molecule has 150 valence electrons. The predicted octanol–water partition coefficient (Wildman–Crippen LogP) is 5.75. The summed E-state index contributed by atoms with van der Waals surface area (Å²) >= 11 is 18.2. The van der Waals surface area contributed by atoms with Gasteiger partial charge in [-0.05, 0) is 35.9 Å². The molecule has 0 aliphatic carbocycles. The van der Waals surface area contributed by atoms with Crippen LogP contribution in [-0.4, -0.2) is 17.6 Å². The first-order valence-corrected chi connectivity index (χ1v) is 9.98. The first-order valence-electron chi connectivity index (χ1n) is 8.85. The highest BCUT2D eigenvalue weighted by Gasteiger charge is 2.35. The van der Waals surface area contributed by atoms with Crippen LogP contribution in [0, 0.1) is 0 Å². The normalized spacial score (nSPS) is 14.2. The summed E-state index contributed by atoms with van der Waals surface area (Å²) in [6.07, 6.45) is 0. The molecule has 0 radical (unpaired) electrons. The SMILES string of the molecule is O=C(O/N=C1/C(=O)N(Cc2ccc(Cl)cc2Cl)c2ccccc21)c1ccccc1Cl. The second kappa shape index (κ2) is 8.48. The molecule has 0 atom stereocenters. The van der Waals surface area contributed by atoms with Crippen LogP contribution < -0.4 is 4.90 Å². The highest BCUT2D eigenvalue weighted by atomic mass is 35.5. The predicted molar refractivity (Wildman–Crippen MR) is 117 cm³/mol. The summed E-state index contributed by atoms with van der Waals surface area (Å²) in [6, 6.07) is 18.6.